The number of fused-ring (bicyclic) bond motifs is 6. The summed E-state index contributed by atoms with van der Waals surface area (Å²) in [5, 5.41) is 0. The molecule has 0 spiro atoms. The van der Waals surface area contributed by atoms with Crippen molar-refractivity contribution in [3.05, 3.63) is 416 Å². The zero-order valence-corrected chi connectivity index (χ0v) is 70.8. The van der Waals surface area contributed by atoms with Gasteiger partial charge in [-0.3, -0.25) is 15.0 Å². The molecule has 2 aliphatic carbocycles. The molecular weight excluding hydrogens is 1760 g/mol. The first-order valence-electron chi connectivity index (χ1n) is 39.5. The monoisotopic (exact) mass is 1840 g/mol. The first kappa shape index (κ1) is 80.8. The van der Waals surface area contributed by atoms with Crippen LogP contribution in [0.2, 0.25) is 0 Å². The average Bonchev–Trinajstić information content (AvgIpc) is 0.822. The molecule has 0 N–H and O–H groups in total. The minimum atomic E-state index is -0.110. The molecule has 2 saturated carbocycles. The second-order valence-electron chi connectivity index (χ2n) is 29.5. The fraction of sp³-hybridized carbons (Fsp3) is 0.126. The van der Waals surface area contributed by atoms with E-state index in [0.29, 0.717) is 0 Å². The van der Waals surface area contributed by atoms with Gasteiger partial charge < -0.3 is 34.6 Å². The third-order valence-electron chi connectivity index (χ3n) is 22.7. The van der Waals surface area contributed by atoms with Gasteiger partial charge in [-0.15, -0.1) is 112 Å². The molecule has 0 saturated heterocycles. The molecule has 582 valence electrons. The standard InChI is InChI=1S/C36H26N4.C34H27N3S.C33H25N3S.3Pd/c1-39-32-18-5-6-19-34(32)40(29-15-11-14-27(24-29)30-16-7-9-22-37-30)35-25-28(20-21-33(35)39)36(26-12-3-2-4-13-26)31-17-8-10-23-38-31;1-6-19-34(20-7-1,33-16-5-9-22-36-33)26-17-18-32-30(24-26)37(29-14-2-3-15-31(29)38-32)27-12-10-11-25(23-27)28-13-4-8-21-35-28;1-2-14-30-28(13-1)36(26-11-9-10-24(22-26)27-12-3-7-20-34-27)29-23-25(16-17-31(29)37-30)33(18-5-6-19-33)32-15-4-8-21-35-32;;;/h2-23,36H,1H3;2-5,8-18,21-22H,1,6-7,19-20H2;1-4,7-17,20-21H,5-6,18-19H2;;;/q3*-2;3*+2. The van der Waals surface area contributed by atoms with Crippen molar-refractivity contribution in [2.24, 2.45) is 0 Å². The smallest absolute Gasteiger partial charge is 0.394 e. The first-order valence-corrected chi connectivity index (χ1v) is 41.1. The number of anilines is 11. The van der Waals surface area contributed by atoms with Crippen molar-refractivity contribution >= 4 is 86.1 Å². The maximum atomic E-state index is 4.87. The van der Waals surface area contributed by atoms with E-state index in [1.54, 1.807) is 0 Å². The minimum absolute atomic E-state index is 0. The SMILES string of the molecule is CN1c2ccc(C(c3ccccc3)c3ccccn3)[c-]c2N(c2[c-]c(-c3ccccn3)ccc2)c2ccccc21.[Pd+2].[Pd+2].[Pd+2].[c-]1c(-c2ccccn2)cccc1N1c2[c-]c(C3(c4ccccn4)CCCC3)ccc2Sc2ccccc21.[c-]1c(-c2ccccn2)cccc1N1c2[c-]c(C3(c4ccccn4)CCCCC3)ccc2Sc2ccccc21. The first-order chi connectivity index (χ1) is 56.9. The van der Waals surface area contributed by atoms with Crippen molar-refractivity contribution in [1.82, 2.24) is 29.9 Å². The molecule has 2 fully saturated rings. The summed E-state index contributed by atoms with van der Waals surface area (Å²) in [6.07, 6.45) is 21.7. The van der Waals surface area contributed by atoms with Gasteiger partial charge in [0.2, 0.25) is 0 Å². The largest absolute Gasteiger partial charge is 2.00 e. The molecule has 16 aromatic rings. The van der Waals surface area contributed by atoms with Gasteiger partial charge in [-0.1, -0.05) is 175 Å². The van der Waals surface area contributed by atoms with E-state index in [0.717, 1.165) is 145 Å². The molecule has 1 atom stereocenters. The molecule has 0 amide bonds. The van der Waals surface area contributed by atoms with Gasteiger partial charge in [-0.05, 0) is 175 Å². The summed E-state index contributed by atoms with van der Waals surface area (Å²) in [6, 6.07) is 128. The minimum Gasteiger partial charge on any atom is -0.394 e. The normalized spacial score (nSPS) is 14.4. The third-order valence-corrected chi connectivity index (χ3v) is 24.9. The van der Waals surface area contributed by atoms with E-state index in [-0.39, 0.29) is 78.0 Å². The number of hydrogen-bond acceptors (Lipinski definition) is 12. The Balaban J connectivity index is 0.000000131. The second-order valence-corrected chi connectivity index (χ2v) is 31.6. The molecule has 1 unspecified atom stereocenters. The van der Waals surface area contributed by atoms with Crippen LogP contribution in [0.3, 0.4) is 0 Å². The zero-order chi connectivity index (χ0) is 76.9. The van der Waals surface area contributed by atoms with Crippen LogP contribution in [0.4, 0.5) is 62.6 Å². The topological polar surface area (TPSA) is 90.3 Å². The van der Waals surface area contributed by atoms with Gasteiger partial charge in [-0.25, -0.2) is 0 Å². The van der Waals surface area contributed by atoms with Crippen LogP contribution < -0.4 is 19.6 Å². The summed E-state index contributed by atoms with van der Waals surface area (Å²) in [4.78, 5) is 42.2. The molecular formula is C103H78N10Pd3S2. The Labute approximate surface area is 741 Å². The molecule has 0 radical (unpaired) electrons. The van der Waals surface area contributed by atoms with Crippen molar-refractivity contribution in [1.29, 1.82) is 0 Å². The van der Waals surface area contributed by atoms with Gasteiger partial charge >= 0.3 is 61.3 Å². The Kier molecular flexibility index (Phi) is 25.0. The summed E-state index contributed by atoms with van der Waals surface area (Å²) in [5.74, 6) is -0.0548. The molecule has 10 aromatic carbocycles. The van der Waals surface area contributed by atoms with Crippen LogP contribution >= 0.6 is 23.5 Å². The van der Waals surface area contributed by atoms with E-state index in [1.807, 2.05) is 146 Å². The van der Waals surface area contributed by atoms with Crippen molar-refractivity contribution < 1.29 is 61.3 Å². The Hall–Kier alpha value is -11.0. The van der Waals surface area contributed by atoms with E-state index < -0.39 is 0 Å². The zero-order valence-electron chi connectivity index (χ0n) is 64.5. The van der Waals surface area contributed by atoms with Gasteiger partial charge in [0.25, 0.3) is 0 Å². The van der Waals surface area contributed by atoms with Crippen molar-refractivity contribution in [3.8, 4) is 33.8 Å². The molecule has 6 aromatic heterocycles. The van der Waals surface area contributed by atoms with E-state index in [4.69, 9.17) is 15.0 Å². The predicted octanol–water partition coefficient (Wildman–Crippen LogP) is 25.9. The fourth-order valence-corrected chi connectivity index (χ4v) is 19.2. The number of para-hydroxylation sites is 4. The quantitative estimate of drug-likeness (QED) is 0.0813. The Morgan fingerprint density at radius 3 is 1.14 bits per heavy atom. The number of aromatic nitrogens is 6. The molecule has 10 nitrogen and oxygen atoms in total. The van der Waals surface area contributed by atoms with E-state index >= 15 is 0 Å². The molecule has 9 heterocycles. The maximum absolute atomic E-state index is 4.87. The number of pyridine rings is 6. The van der Waals surface area contributed by atoms with Crippen LogP contribution in [0, 0.1) is 36.4 Å². The van der Waals surface area contributed by atoms with Crippen LogP contribution in [-0.4, -0.2) is 37.0 Å². The Bertz CT molecular complexity index is 6070. The summed E-state index contributed by atoms with van der Waals surface area (Å²) < 4.78 is 0. The summed E-state index contributed by atoms with van der Waals surface area (Å²) in [7, 11) is 2.12. The Morgan fingerprint density at radius 1 is 0.297 bits per heavy atom. The van der Waals surface area contributed by atoms with Gasteiger partial charge in [0, 0.05) is 75.1 Å². The maximum Gasteiger partial charge on any atom is 2.00 e. The second kappa shape index (κ2) is 36.5. The van der Waals surface area contributed by atoms with Crippen molar-refractivity contribution in [3.63, 3.8) is 0 Å². The molecule has 118 heavy (non-hydrogen) atoms. The van der Waals surface area contributed by atoms with Crippen LogP contribution in [-0.2, 0) is 72.1 Å². The Morgan fingerprint density at radius 2 is 0.695 bits per heavy atom. The van der Waals surface area contributed by atoms with Gasteiger partial charge in [0.05, 0.1) is 28.4 Å². The summed E-state index contributed by atoms with van der Waals surface area (Å²) in [5.41, 5.74) is 25.1. The third kappa shape index (κ3) is 16.0. The molecule has 21 rings (SSSR count). The molecule has 5 aliphatic rings. The van der Waals surface area contributed by atoms with Gasteiger partial charge in [0.1, 0.15) is 0 Å². The number of hydrogen-bond donors (Lipinski definition) is 0. The van der Waals surface area contributed by atoms with Crippen LogP contribution in [0.5, 0.6) is 0 Å². The van der Waals surface area contributed by atoms with Crippen LogP contribution in [0.15, 0.2) is 360 Å². The van der Waals surface area contributed by atoms with Crippen molar-refractivity contribution in [2.45, 2.75) is 94.1 Å². The van der Waals surface area contributed by atoms with Gasteiger partial charge in [0.15, 0.2) is 0 Å². The summed E-state index contributed by atoms with van der Waals surface area (Å²) >= 11 is 3.63. The average molecular weight is 1840 g/mol. The molecule has 3 aliphatic heterocycles. The van der Waals surface area contributed by atoms with Crippen LogP contribution in [0.1, 0.15) is 103 Å². The van der Waals surface area contributed by atoms with Crippen LogP contribution in [0.25, 0.3) is 33.8 Å². The number of rotatable bonds is 13. The number of benzene rings is 10. The van der Waals surface area contributed by atoms with E-state index in [1.165, 1.54) is 68.4 Å². The molecule has 0 bridgehead atoms. The van der Waals surface area contributed by atoms with E-state index in [9.17, 15) is 0 Å². The number of nitrogens with zero attached hydrogens (tertiary/aromatic N) is 10. The fourth-order valence-electron chi connectivity index (χ4n) is 17.2. The van der Waals surface area contributed by atoms with E-state index in [2.05, 4.69) is 296 Å². The van der Waals surface area contributed by atoms with Crippen molar-refractivity contribution in [2.75, 3.05) is 26.6 Å². The molecule has 15 heteroatoms. The predicted molar refractivity (Wildman–Crippen MR) is 466 cm³/mol. The van der Waals surface area contributed by atoms with Gasteiger partial charge in [-0.2, -0.15) is 72.1 Å². The summed E-state index contributed by atoms with van der Waals surface area (Å²) in [6.45, 7) is 0.